The molecule has 2 fully saturated rings. The number of halogens is 1. The predicted octanol–water partition coefficient (Wildman–Crippen LogP) is 2.53. The van der Waals surface area contributed by atoms with Gasteiger partial charge in [-0.3, -0.25) is 0 Å². The molecule has 0 unspecified atom stereocenters. The number of piperidine rings is 2. The number of phenolic OH excluding ortho intramolecular Hbond substituents is 1. The van der Waals surface area contributed by atoms with Crippen molar-refractivity contribution >= 4 is 5.82 Å². The lowest BCUT2D eigenvalue weighted by molar-refractivity contribution is 0.00193. The Hall–Kier alpha value is -3.65. The highest BCUT2D eigenvalue weighted by Gasteiger charge is 2.53. The van der Waals surface area contributed by atoms with E-state index < -0.39 is 11.7 Å². The van der Waals surface area contributed by atoms with Crippen molar-refractivity contribution in [1.29, 1.82) is 5.26 Å². The minimum absolute atomic E-state index is 0.0646. The fraction of sp³-hybridized carbons (Fsp3) is 0.478. The van der Waals surface area contributed by atoms with Crippen molar-refractivity contribution in [3.05, 3.63) is 36.3 Å². The average Bonchev–Trinajstić information content (AvgIpc) is 3.30. The Morgan fingerprint density at radius 1 is 1.26 bits per heavy atom. The summed E-state index contributed by atoms with van der Waals surface area (Å²) in [5, 5.41) is 39.1. The molecule has 2 saturated heterocycles. The molecule has 0 saturated carbocycles. The van der Waals surface area contributed by atoms with Gasteiger partial charge < -0.3 is 15.3 Å². The quantitative estimate of drug-likeness (QED) is 0.600. The monoisotopic (exact) mass is 463 g/mol. The minimum atomic E-state index is -1.05. The zero-order valence-electron chi connectivity index (χ0n) is 19.3. The maximum Gasteiger partial charge on any atom is 0.185 e. The minimum Gasteiger partial charge on any atom is -0.507 e. The van der Waals surface area contributed by atoms with Crippen LogP contribution < -0.4 is 10.2 Å². The van der Waals surface area contributed by atoms with Gasteiger partial charge in [0.2, 0.25) is 0 Å². The largest absolute Gasteiger partial charge is 0.507 e. The van der Waals surface area contributed by atoms with Crippen LogP contribution in [0.2, 0.25) is 0 Å². The number of nitriles is 1. The van der Waals surface area contributed by atoms with Gasteiger partial charge in [-0.05, 0) is 51.7 Å². The van der Waals surface area contributed by atoms with Gasteiger partial charge in [-0.25, -0.2) is 14.1 Å². The van der Waals surface area contributed by atoms with Crippen molar-refractivity contribution < 1.29 is 9.50 Å². The van der Waals surface area contributed by atoms with Crippen LogP contribution in [0.4, 0.5) is 10.2 Å². The second-order valence-corrected chi connectivity index (χ2v) is 9.74. The summed E-state index contributed by atoms with van der Waals surface area (Å²) in [6.45, 7) is 4.13. The van der Waals surface area contributed by atoms with E-state index in [1.54, 1.807) is 18.3 Å². The van der Waals surface area contributed by atoms with Crippen LogP contribution in [-0.2, 0) is 0 Å². The molecule has 2 aliphatic heterocycles. The number of nitrogens with one attached hydrogen (secondary N) is 1. The molecule has 2 aliphatic rings. The summed E-state index contributed by atoms with van der Waals surface area (Å²) in [4.78, 5) is 6.22. The molecule has 0 aliphatic carbocycles. The number of hydrogen-bond donors (Lipinski definition) is 2. The molecule has 1 aromatic carbocycles. The fourth-order valence-electron chi connectivity index (χ4n) is 5.36. The SMILES string of the molecule is CN(c1cnc(-c2ccc(-n3cc(C#N)nn3)cc2O)nn1)[C@@H]1C[C@@]2(C)CCC[C@](C)(N2)[C@@H]1F. The standard InChI is InChI=1S/C23H26FN9O/c1-22-7-4-8-23(2,30-22)20(24)17(10-22)32(3)19-12-26-21(29-28-19)16-6-5-15(9-18(16)34)33-13-14(11-25)27-31-33/h5-6,9,12-13,17,20,30,34H,4,7-8,10H2,1-3H3/t17-,20-,22-,23+/m1/s1. The van der Waals surface area contributed by atoms with Gasteiger partial charge in [0, 0.05) is 24.2 Å². The molecule has 34 heavy (non-hydrogen) atoms. The smallest absolute Gasteiger partial charge is 0.185 e. The van der Waals surface area contributed by atoms with Crippen LogP contribution in [0.5, 0.6) is 5.75 Å². The number of fused-ring (bicyclic) bond motifs is 2. The van der Waals surface area contributed by atoms with E-state index >= 15 is 4.39 Å². The number of aromatic hydroxyl groups is 1. The van der Waals surface area contributed by atoms with E-state index in [9.17, 15) is 5.11 Å². The second-order valence-electron chi connectivity index (χ2n) is 9.74. The summed E-state index contributed by atoms with van der Waals surface area (Å²) in [5.41, 5.74) is 0.432. The van der Waals surface area contributed by atoms with E-state index in [0.717, 1.165) is 19.3 Å². The third-order valence-corrected chi connectivity index (χ3v) is 7.12. The van der Waals surface area contributed by atoms with Crippen LogP contribution in [0.3, 0.4) is 0 Å². The molecule has 2 aromatic heterocycles. The maximum atomic E-state index is 15.6. The third kappa shape index (κ3) is 3.74. The molecule has 176 valence electrons. The Bertz CT molecular complexity index is 1260. The molecule has 0 amide bonds. The van der Waals surface area contributed by atoms with Crippen LogP contribution >= 0.6 is 0 Å². The van der Waals surface area contributed by atoms with E-state index in [2.05, 4.69) is 37.7 Å². The fourth-order valence-corrected chi connectivity index (χ4v) is 5.36. The van der Waals surface area contributed by atoms with Gasteiger partial charge in [0.1, 0.15) is 18.0 Å². The van der Waals surface area contributed by atoms with Gasteiger partial charge in [0.15, 0.2) is 17.3 Å². The first-order valence-corrected chi connectivity index (χ1v) is 11.2. The van der Waals surface area contributed by atoms with Crippen LogP contribution in [0.25, 0.3) is 17.1 Å². The third-order valence-electron chi connectivity index (χ3n) is 7.12. The molecule has 0 radical (unpaired) electrons. The van der Waals surface area contributed by atoms with E-state index in [0.29, 0.717) is 23.5 Å². The van der Waals surface area contributed by atoms with Gasteiger partial charge in [0.25, 0.3) is 0 Å². The lowest BCUT2D eigenvalue weighted by Crippen LogP contribution is -2.72. The first kappa shape index (κ1) is 22.2. The highest BCUT2D eigenvalue weighted by atomic mass is 19.1. The molecular formula is C23H26FN9O. The first-order chi connectivity index (χ1) is 16.2. The average molecular weight is 464 g/mol. The van der Waals surface area contributed by atoms with Gasteiger partial charge in [-0.1, -0.05) is 5.21 Å². The Kier molecular flexibility index (Phi) is 5.20. The molecule has 3 aromatic rings. The van der Waals surface area contributed by atoms with Gasteiger partial charge in [-0.2, -0.15) is 5.26 Å². The van der Waals surface area contributed by atoms with Crippen molar-refractivity contribution in [2.75, 3.05) is 11.9 Å². The molecule has 11 heteroatoms. The molecule has 4 heterocycles. The Labute approximate surface area is 196 Å². The molecule has 5 rings (SSSR count). The zero-order valence-corrected chi connectivity index (χ0v) is 19.3. The normalized spacial score (nSPS) is 28.3. The number of alkyl halides is 1. The summed E-state index contributed by atoms with van der Waals surface area (Å²) >= 11 is 0. The summed E-state index contributed by atoms with van der Waals surface area (Å²) in [6, 6.07) is 6.40. The predicted molar refractivity (Wildman–Crippen MR) is 122 cm³/mol. The van der Waals surface area contributed by atoms with Crippen LogP contribution in [-0.4, -0.2) is 65.6 Å². The molecule has 2 N–H and O–H groups in total. The molecule has 10 nitrogen and oxygen atoms in total. The number of anilines is 1. The van der Waals surface area contributed by atoms with Gasteiger partial charge in [-0.15, -0.1) is 15.3 Å². The topological polar surface area (TPSA) is 129 Å². The molecule has 4 atom stereocenters. The summed E-state index contributed by atoms with van der Waals surface area (Å²) in [7, 11) is 1.83. The molecule has 0 spiro atoms. The van der Waals surface area contributed by atoms with Gasteiger partial charge >= 0.3 is 0 Å². The Morgan fingerprint density at radius 2 is 2.09 bits per heavy atom. The van der Waals surface area contributed by atoms with E-state index in [1.807, 2.05) is 24.9 Å². The highest BCUT2D eigenvalue weighted by molar-refractivity contribution is 5.66. The molecular weight excluding hydrogens is 437 g/mol. The zero-order chi connectivity index (χ0) is 24.1. The maximum absolute atomic E-state index is 15.6. The van der Waals surface area contributed by atoms with Crippen LogP contribution in [0.15, 0.2) is 30.6 Å². The Balaban J connectivity index is 1.37. The van der Waals surface area contributed by atoms with Gasteiger partial charge in [0.05, 0.1) is 29.7 Å². The molecule has 2 bridgehead atoms. The van der Waals surface area contributed by atoms with Crippen LogP contribution in [0.1, 0.15) is 45.2 Å². The van der Waals surface area contributed by atoms with E-state index in [4.69, 9.17) is 5.26 Å². The Morgan fingerprint density at radius 3 is 2.76 bits per heavy atom. The number of benzene rings is 1. The van der Waals surface area contributed by atoms with Crippen molar-refractivity contribution in [3.8, 4) is 28.9 Å². The second kappa shape index (κ2) is 7.99. The van der Waals surface area contributed by atoms with Crippen molar-refractivity contribution in [2.45, 2.75) is 62.8 Å². The van der Waals surface area contributed by atoms with E-state index in [1.165, 1.54) is 16.9 Å². The summed E-state index contributed by atoms with van der Waals surface area (Å²) < 4.78 is 17.0. The summed E-state index contributed by atoms with van der Waals surface area (Å²) in [5.74, 6) is 0.659. The van der Waals surface area contributed by atoms with E-state index in [-0.39, 0.29) is 28.8 Å². The van der Waals surface area contributed by atoms with Crippen LogP contribution in [0, 0.1) is 11.3 Å². The van der Waals surface area contributed by atoms with Crippen molar-refractivity contribution in [2.24, 2.45) is 0 Å². The lowest BCUT2D eigenvalue weighted by Gasteiger charge is -2.56. The number of phenols is 1. The summed E-state index contributed by atoms with van der Waals surface area (Å²) in [6.07, 6.45) is 5.48. The number of nitrogens with zero attached hydrogens (tertiary/aromatic N) is 8. The highest BCUT2D eigenvalue weighted by Crippen LogP contribution is 2.43. The van der Waals surface area contributed by atoms with Crippen molar-refractivity contribution in [3.63, 3.8) is 0 Å². The van der Waals surface area contributed by atoms with Crippen molar-refractivity contribution in [1.82, 2.24) is 35.5 Å². The number of aromatic nitrogens is 6. The number of rotatable bonds is 4. The first-order valence-electron chi connectivity index (χ1n) is 11.2. The number of hydrogen-bond acceptors (Lipinski definition) is 9. The lowest BCUT2D eigenvalue weighted by atomic mass is 9.68.